The number of aryl methyl sites for hydroxylation is 2. The van der Waals surface area contributed by atoms with Crippen LogP contribution in [-0.2, 0) is 19.4 Å². The minimum atomic E-state index is 0.358. The van der Waals surface area contributed by atoms with Crippen molar-refractivity contribution in [2.45, 2.75) is 19.4 Å². The third kappa shape index (κ3) is 3.37. The zero-order valence-corrected chi connectivity index (χ0v) is 18.4. The van der Waals surface area contributed by atoms with Crippen LogP contribution >= 0.6 is 22.9 Å². The molecule has 0 radical (unpaired) electrons. The van der Waals surface area contributed by atoms with Crippen molar-refractivity contribution in [1.29, 1.82) is 0 Å². The summed E-state index contributed by atoms with van der Waals surface area (Å²) in [6, 6.07) is 11.3. The summed E-state index contributed by atoms with van der Waals surface area (Å²) in [6.45, 7) is 0.358. The molecular weight excluding hydrogens is 444 g/mol. The van der Waals surface area contributed by atoms with E-state index in [4.69, 9.17) is 16.3 Å². The molecule has 1 aromatic carbocycles. The van der Waals surface area contributed by atoms with Crippen LogP contribution < -0.4 is 10.1 Å². The van der Waals surface area contributed by atoms with Gasteiger partial charge in [0.15, 0.2) is 0 Å². The molecule has 0 fully saturated rings. The number of ether oxygens (including phenoxy) is 1. The van der Waals surface area contributed by atoms with E-state index in [0.717, 1.165) is 45.8 Å². The fraction of sp³-hybridized carbons (Fsp3) is 0.130. The van der Waals surface area contributed by atoms with Gasteiger partial charge in [-0.1, -0.05) is 17.7 Å². The molecule has 1 aliphatic carbocycles. The van der Waals surface area contributed by atoms with Crippen LogP contribution in [0.3, 0.4) is 0 Å². The molecule has 0 unspecified atom stereocenters. The molecule has 0 bridgehead atoms. The molecule has 1 aliphatic rings. The number of anilines is 2. The molecule has 158 valence electrons. The molecule has 4 aromatic heterocycles. The molecule has 2 N–H and O–H groups in total. The third-order valence-electron chi connectivity index (χ3n) is 5.47. The van der Waals surface area contributed by atoms with Crippen LogP contribution in [0.2, 0.25) is 5.02 Å². The second-order valence-electron chi connectivity index (χ2n) is 7.45. The first-order valence-electron chi connectivity index (χ1n) is 10.1. The molecule has 5 aromatic rings. The van der Waals surface area contributed by atoms with E-state index in [1.807, 2.05) is 42.6 Å². The number of thiophene rings is 1. The van der Waals surface area contributed by atoms with Crippen LogP contribution in [0.5, 0.6) is 5.75 Å². The van der Waals surface area contributed by atoms with Crippen molar-refractivity contribution in [2.75, 3.05) is 5.32 Å². The van der Waals surface area contributed by atoms with E-state index in [0.29, 0.717) is 17.4 Å². The SMILES string of the molecule is Clc1cc(Nc2ncnc3sc4c(c23)CCc2[nH]ncc2-4)ccc1OCc1ccccn1. The smallest absolute Gasteiger partial charge is 0.142 e. The molecule has 4 heterocycles. The van der Waals surface area contributed by atoms with Crippen LogP contribution in [0.15, 0.2) is 55.1 Å². The zero-order valence-electron chi connectivity index (χ0n) is 16.8. The highest BCUT2D eigenvalue weighted by Crippen LogP contribution is 2.44. The molecule has 0 saturated heterocycles. The van der Waals surface area contributed by atoms with Gasteiger partial charge in [0.05, 0.1) is 22.3 Å². The summed E-state index contributed by atoms with van der Waals surface area (Å²) in [4.78, 5) is 15.5. The van der Waals surface area contributed by atoms with Crippen molar-refractivity contribution in [3.05, 3.63) is 77.1 Å². The van der Waals surface area contributed by atoms with Gasteiger partial charge in [-0.2, -0.15) is 5.10 Å². The van der Waals surface area contributed by atoms with E-state index in [9.17, 15) is 0 Å². The highest BCUT2D eigenvalue weighted by molar-refractivity contribution is 7.22. The maximum absolute atomic E-state index is 6.49. The summed E-state index contributed by atoms with van der Waals surface area (Å²) in [5.74, 6) is 1.38. The number of pyridine rings is 1. The molecule has 0 aliphatic heterocycles. The Morgan fingerprint density at radius 2 is 2.09 bits per heavy atom. The van der Waals surface area contributed by atoms with Gasteiger partial charge in [0.1, 0.15) is 29.3 Å². The van der Waals surface area contributed by atoms with Crippen LogP contribution in [-0.4, -0.2) is 25.1 Å². The number of hydrogen-bond acceptors (Lipinski definition) is 7. The quantitative estimate of drug-likeness (QED) is 0.357. The Bertz CT molecular complexity index is 1430. The largest absolute Gasteiger partial charge is 0.486 e. The third-order valence-corrected chi connectivity index (χ3v) is 6.94. The lowest BCUT2D eigenvalue weighted by molar-refractivity contribution is 0.301. The molecular formula is C23H17ClN6OS. The standard InChI is InChI=1S/C23H17ClN6OS/c24-17-9-13(4-7-19(17)31-11-14-3-1-2-8-25-14)29-22-20-15-5-6-18-16(10-28-30-18)21(15)32-23(20)27-12-26-22/h1-4,7-10,12H,5-6,11H2,(H,28,30)(H,26,27,29). The lowest BCUT2D eigenvalue weighted by atomic mass is 9.95. The van der Waals surface area contributed by atoms with Gasteiger partial charge >= 0.3 is 0 Å². The maximum atomic E-state index is 6.49. The van der Waals surface area contributed by atoms with Crippen molar-refractivity contribution < 1.29 is 4.74 Å². The van der Waals surface area contributed by atoms with Crippen molar-refractivity contribution in [3.63, 3.8) is 0 Å². The summed E-state index contributed by atoms with van der Waals surface area (Å²) in [6.07, 6.45) is 7.08. The summed E-state index contributed by atoms with van der Waals surface area (Å²) in [7, 11) is 0. The molecule has 0 saturated carbocycles. The number of aromatic amines is 1. The topological polar surface area (TPSA) is 88.6 Å². The van der Waals surface area contributed by atoms with Gasteiger partial charge in [-0.15, -0.1) is 11.3 Å². The average Bonchev–Trinajstić information content (AvgIpc) is 3.44. The number of H-pyrrole nitrogens is 1. The van der Waals surface area contributed by atoms with E-state index in [1.54, 1.807) is 23.9 Å². The normalized spacial score (nSPS) is 12.4. The van der Waals surface area contributed by atoms with Crippen molar-refractivity contribution >= 4 is 44.7 Å². The second kappa shape index (κ2) is 7.89. The predicted octanol–water partition coefficient (Wildman–Crippen LogP) is 5.55. The molecule has 0 spiro atoms. The van der Waals surface area contributed by atoms with Gasteiger partial charge in [-0.25, -0.2) is 9.97 Å². The fourth-order valence-corrected chi connectivity index (χ4v) is 5.42. The monoisotopic (exact) mass is 460 g/mol. The Labute approximate surface area is 192 Å². The van der Waals surface area contributed by atoms with Crippen LogP contribution in [0.1, 0.15) is 17.0 Å². The van der Waals surface area contributed by atoms with E-state index < -0.39 is 0 Å². The molecule has 7 nitrogen and oxygen atoms in total. The van der Waals surface area contributed by atoms with E-state index in [1.165, 1.54) is 16.1 Å². The Balaban J connectivity index is 1.29. The number of rotatable bonds is 5. The van der Waals surface area contributed by atoms with Crippen molar-refractivity contribution in [2.24, 2.45) is 0 Å². The number of nitrogens with one attached hydrogen (secondary N) is 2. The van der Waals surface area contributed by atoms with Crippen LogP contribution in [0.4, 0.5) is 11.5 Å². The first-order chi connectivity index (χ1) is 15.8. The first-order valence-corrected chi connectivity index (χ1v) is 11.3. The first kappa shape index (κ1) is 19.2. The minimum Gasteiger partial charge on any atom is -0.486 e. The molecule has 32 heavy (non-hydrogen) atoms. The van der Waals surface area contributed by atoms with Gasteiger partial charge in [0, 0.05) is 28.0 Å². The van der Waals surface area contributed by atoms with Gasteiger partial charge in [0.25, 0.3) is 0 Å². The number of hydrogen-bond donors (Lipinski definition) is 2. The summed E-state index contributed by atoms with van der Waals surface area (Å²) >= 11 is 8.17. The molecule has 0 amide bonds. The maximum Gasteiger partial charge on any atom is 0.142 e. The van der Waals surface area contributed by atoms with E-state index in [-0.39, 0.29) is 0 Å². The average molecular weight is 461 g/mol. The Kier molecular flexibility index (Phi) is 4.74. The van der Waals surface area contributed by atoms with Crippen LogP contribution in [0, 0.1) is 0 Å². The molecule has 9 heteroatoms. The number of nitrogens with zero attached hydrogens (tertiary/aromatic N) is 4. The lowest BCUT2D eigenvalue weighted by Gasteiger charge is -2.13. The zero-order chi connectivity index (χ0) is 21.5. The van der Waals surface area contributed by atoms with Crippen molar-refractivity contribution in [3.8, 4) is 16.2 Å². The van der Waals surface area contributed by atoms with Gasteiger partial charge in [-0.05, 0) is 48.7 Å². The Morgan fingerprint density at radius 3 is 2.97 bits per heavy atom. The fourth-order valence-electron chi connectivity index (χ4n) is 3.96. The van der Waals surface area contributed by atoms with Gasteiger partial charge in [-0.3, -0.25) is 10.1 Å². The second-order valence-corrected chi connectivity index (χ2v) is 8.86. The Morgan fingerprint density at radius 1 is 1.12 bits per heavy atom. The van der Waals surface area contributed by atoms with Gasteiger partial charge < -0.3 is 10.1 Å². The number of benzene rings is 1. The van der Waals surface area contributed by atoms with E-state index in [2.05, 4.69) is 30.5 Å². The Hall–Kier alpha value is -3.49. The lowest BCUT2D eigenvalue weighted by Crippen LogP contribution is -2.02. The van der Waals surface area contributed by atoms with E-state index >= 15 is 0 Å². The summed E-state index contributed by atoms with van der Waals surface area (Å²) in [5.41, 5.74) is 5.29. The highest BCUT2D eigenvalue weighted by Gasteiger charge is 2.25. The predicted molar refractivity (Wildman–Crippen MR) is 126 cm³/mol. The minimum absolute atomic E-state index is 0.358. The number of halogens is 1. The van der Waals surface area contributed by atoms with Gasteiger partial charge in [0.2, 0.25) is 0 Å². The highest BCUT2D eigenvalue weighted by atomic mass is 35.5. The number of aromatic nitrogens is 5. The van der Waals surface area contributed by atoms with Crippen LogP contribution in [0.25, 0.3) is 20.7 Å². The van der Waals surface area contributed by atoms with Crippen molar-refractivity contribution in [1.82, 2.24) is 25.1 Å². The summed E-state index contributed by atoms with van der Waals surface area (Å²) in [5, 5.41) is 12.3. The summed E-state index contributed by atoms with van der Waals surface area (Å²) < 4.78 is 5.83. The molecule has 6 rings (SSSR count). The molecule has 0 atom stereocenters. The number of fused-ring (bicyclic) bond motifs is 5.